The topological polar surface area (TPSA) is 29.5 Å². The first-order chi connectivity index (χ1) is 8.79. The van der Waals surface area contributed by atoms with Crippen molar-refractivity contribution in [1.29, 1.82) is 0 Å². The minimum Gasteiger partial charge on any atom is -0.507 e. The zero-order valence-electron chi connectivity index (χ0n) is 10.3. The lowest BCUT2D eigenvalue weighted by atomic mass is 10.2. The Bertz CT molecular complexity index is 494. The van der Waals surface area contributed by atoms with Crippen molar-refractivity contribution in [2.24, 2.45) is 0 Å². The molecule has 2 rings (SSSR count). The number of rotatable bonds is 5. The van der Waals surface area contributed by atoms with Gasteiger partial charge in [0.1, 0.15) is 11.5 Å². The molecule has 2 aromatic rings. The molecule has 0 aliphatic rings. The van der Waals surface area contributed by atoms with Crippen LogP contribution in [-0.2, 0) is 5.75 Å². The van der Waals surface area contributed by atoms with Crippen molar-refractivity contribution in [1.82, 2.24) is 0 Å². The van der Waals surface area contributed by atoms with E-state index in [-0.39, 0.29) is 0 Å². The third-order valence-corrected chi connectivity index (χ3v) is 3.63. The Labute approximate surface area is 112 Å². The van der Waals surface area contributed by atoms with Gasteiger partial charge in [-0.2, -0.15) is 0 Å². The highest BCUT2D eigenvalue weighted by Gasteiger charge is 2.01. The molecule has 0 fully saturated rings. The zero-order valence-corrected chi connectivity index (χ0v) is 11.1. The number of phenols is 1. The van der Waals surface area contributed by atoms with Gasteiger partial charge in [0.25, 0.3) is 0 Å². The van der Waals surface area contributed by atoms with Crippen molar-refractivity contribution in [3.8, 4) is 11.5 Å². The Balaban J connectivity index is 1.96. The fraction of sp³-hybridized carbons (Fsp3) is 0.200. The monoisotopic (exact) mass is 260 g/mol. The summed E-state index contributed by atoms with van der Waals surface area (Å²) >= 11 is 1.63. The van der Waals surface area contributed by atoms with E-state index in [1.807, 2.05) is 37.3 Å². The smallest absolute Gasteiger partial charge is 0.129 e. The van der Waals surface area contributed by atoms with Crippen molar-refractivity contribution in [2.75, 3.05) is 6.61 Å². The highest BCUT2D eigenvalue weighted by molar-refractivity contribution is 7.98. The highest BCUT2D eigenvalue weighted by Crippen LogP contribution is 2.30. The molecule has 18 heavy (non-hydrogen) atoms. The van der Waals surface area contributed by atoms with Gasteiger partial charge in [-0.05, 0) is 36.8 Å². The predicted octanol–water partition coefficient (Wildman–Crippen LogP) is 4.08. The van der Waals surface area contributed by atoms with Crippen LogP contribution < -0.4 is 4.74 Å². The lowest BCUT2D eigenvalue weighted by Gasteiger charge is -2.06. The largest absolute Gasteiger partial charge is 0.507 e. The maximum Gasteiger partial charge on any atom is 0.129 e. The van der Waals surface area contributed by atoms with Crippen LogP contribution in [0.5, 0.6) is 11.5 Å². The normalized spacial score (nSPS) is 10.3. The number of ether oxygens (including phenoxy) is 1. The molecule has 3 heteroatoms. The van der Waals surface area contributed by atoms with Crippen LogP contribution in [-0.4, -0.2) is 11.7 Å². The molecule has 0 spiro atoms. The summed E-state index contributed by atoms with van der Waals surface area (Å²) in [6.07, 6.45) is 0. The summed E-state index contributed by atoms with van der Waals surface area (Å²) in [4.78, 5) is 0.909. The van der Waals surface area contributed by atoms with E-state index in [4.69, 9.17) is 4.74 Å². The van der Waals surface area contributed by atoms with E-state index in [9.17, 15) is 5.11 Å². The van der Waals surface area contributed by atoms with Crippen molar-refractivity contribution in [3.05, 3.63) is 54.1 Å². The summed E-state index contributed by atoms with van der Waals surface area (Å²) in [7, 11) is 0. The minimum atomic E-state index is 0.341. The molecule has 0 aliphatic carbocycles. The molecular formula is C15H16O2S. The van der Waals surface area contributed by atoms with Crippen LogP contribution in [0.25, 0.3) is 0 Å². The van der Waals surface area contributed by atoms with E-state index >= 15 is 0 Å². The molecule has 0 atom stereocenters. The average Bonchev–Trinajstić information content (AvgIpc) is 2.40. The van der Waals surface area contributed by atoms with Crippen molar-refractivity contribution < 1.29 is 9.84 Å². The number of hydrogen-bond donors (Lipinski definition) is 1. The first-order valence-corrected chi connectivity index (χ1v) is 6.90. The fourth-order valence-corrected chi connectivity index (χ4v) is 2.49. The highest BCUT2D eigenvalue weighted by atomic mass is 32.2. The summed E-state index contributed by atoms with van der Waals surface area (Å²) in [5, 5.41) is 9.66. The molecule has 0 unspecified atom stereocenters. The molecule has 0 saturated carbocycles. The second-order valence-corrected chi connectivity index (χ2v) is 4.85. The molecule has 94 valence electrons. The van der Waals surface area contributed by atoms with Gasteiger partial charge in [-0.25, -0.2) is 0 Å². The van der Waals surface area contributed by atoms with Crippen molar-refractivity contribution >= 4 is 11.8 Å². The molecule has 0 aromatic heterocycles. The van der Waals surface area contributed by atoms with E-state index in [0.717, 1.165) is 16.4 Å². The summed E-state index contributed by atoms with van der Waals surface area (Å²) < 4.78 is 5.40. The van der Waals surface area contributed by atoms with Crippen LogP contribution in [0.3, 0.4) is 0 Å². The number of benzene rings is 2. The fourth-order valence-electron chi connectivity index (χ4n) is 1.59. The Morgan fingerprint density at radius 2 is 1.78 bits per heavy atom. The Hall–Kier alpha value is -1.61. The average molecular weight is 260 g/mol. The quantitative estimate of drug-likeness (QED) is 0.821. The number of aromatic hydroxyl groups is 1. The Morgan fingerprint density at radius 1 is 1.06 bits per heavy atom. The first-order valence-electron chi connectivity index (χ1n) is 5.92. The summed E-state index contributed by atoms with van der Waals surface area (Å²) in [5.41, 5.74) is 1.21. The van der Waals surface area contributed by atoms with E-state index in [1.165, 1.54) is 5.56 Å². The molecule has 0 bridgehead atoms. The van der Waals surface area contributed by atoms with Gasteiger partial charge >= 0.3 is 0 Å². The van der Waals surface area contributed by atoms with Gasteiger partial charge in [0.2, 0.25) is 0 Å². The molecule has 0 aliphatic heterocycles. The Morgan fingerprint density at radius 3 is 2.44 bits per heavy atom. The van der Waals surface area contributed by atoms with E-state index in [0.29, 0.717) is 12.4 Å². The maximum atomic E-state index is 9.66. The lowest BCUT2D eigenvalue weighted by molar-refractivity contribution is 0.340. The van der Waals surface area contributed by atoms with Crippen LogP contribution >= 0.6 is 11.8 Å². The molecular weight excluding hydrogens is 244 g/mol. The molecule has 0 radical (unpaired) electrons. The number of hydrogen-bond acceptors (Lipinski definition) is 3. The van der Waals surface area contributed by atoms with Crippen molar-refractivity contribution in [2.45, 2.75) is 17.6 Å². The number of para-hydroxylation sites is 1. The molecule has 2 nitrogen and oxygen atoms in total. The van der Waals surface area contributed by atoms with E-state index in [1.54, 1.807) is 17.8 Å². The van der Waals surface area contributed by atoms with E-state index in [2.05, 4.69) is 12.1 Å². The van der Waals surface area contributed by atoms with Gasteiger partial charge in [-0.15, -0.1) is 11.8 Å². The third kappa shape index (κ3) is 3.44. The molecule has 2 aromatic carbocycles. The second kappa shape index (κ2) is 6.36. The lowest BCUT2D eigenvalue weighted by Crippen LogP contribution is -1.91. The second-order valence-electron chi connectivity index (χ2n) is 3.83. The van der Waals surface area contributed by atoms with Crippen LogP contribution in [0.4, 0.5) is 0 Å². The molecule has 0 amide bonds. The van der Waals surface area contributed by atoms with Crippen LogP contribution in [0.15, 0.2) is 53.4 Å². The third-order valence-electron chi connectivity index (χ3n) is 2.49. The zero-order chi connectivity index (χ0) is 12.8. The van der Waals surface area contributed by atoms with Crippen molar-refractivity contribution in [3.63, 3.8) is 0 Å². The Kier molecular flexibility index (Phi) is 4.53. The maximum absolute atomic E-state index is 9.66. The van der Waals surface area contributed by atoms with Crippen LogP contribution in [0, 0.1) is 0 Å². The minimum absolute atomic E-state index is 0.341. The van der Waals surface area contributed by atoms with Gasteiger partial charge in [0, 0.05) is 10.6 Å². The van der Waals surface area contributed by atoms with Gasteiger partial charge in [-0.3, -0.25) is 0 Å². The molecule has 1 N–H and O–H groups in total. The summed E-state index contributed by atoms with van der Waals surface area (Å²) in [5.74, 6) is 2.08. The number of thioether (sulfide) groups is 1. The molecule has 0 heterocycles. The van der Waals surface area contributed by atoms with E-state index < -0.39 is 0 Å². The first kappa shape index (κ1) is 12.8. The summed E-state index contributed by atoms with van der Waals surface area (Å²) in [6, 6.07) is 15.5. The standard InChI is InChI=1S/C15H16O2S/c1-2-17-13-9-7-12(8-10-13)11-18-15-6-4-3-5-14(15)16/h3-10,16H,2,11H2,1H3. The summed E-state index contributed by atoms with van der Waals surface area (Å²) in [6.45, 7) is 2.66. The van der Waals surface area contributed by atoms with Crippen LogP contribution in [0.1, 0.15) is 12.5 Å². The van der Waals surface area contributed by atoms with Gasteiger partial charge in [-0.1, -0.05) is 24.3 Å². The van der Waals surface area contributed by atoms with Crippen LogP contribution in [0.2, 0.25) is 0 Å². The SMILES string of the molecule is CCOc1ccc(CSc2ccccc2O)cc1. The predicted molar refractivity (Wildman–Crippen MR) is 75.3 cm³/mol. The van der Waals surface area contributed by atoms with Gasteiger partial charge < -0.3 is 9.84 Å². The molecule has 0 saturated heterocycles. The van der Waals surface area contributed by atoms with Gasteiger partial charge in [0.15, 0.2) is 0 Å². The number of phenolic OH excluding ortho intramolecular Hbond substituents is 1. The van der Waals surface area contributed by atoms with Gasteiger partial charge in [0.05, 0.1) is 6.61 Å².